The number of rotatable bonds is 5. The van der Waals surface area contributed by atoms with E-state index in [4.69, 9.17) is 0 Å². The number of aliphatic hydroxyl groups is 1. The monoisotopic (exact) mass is 402 g/mol. The Hall–Kier alpha value is -2.38. The van der Waals surface area contributed by atoms with E-state index in [2.05, 4.69) is 4.72 Å². The molecule has 1 aliphatic heterocycles. The van der Waals surface area contributed by atoms with Crippen LogP contribution in [-0.4, -0.2) is 44.0 Å². The molecule has 0 aromatic heterocycles. The van der Waals surface area contributed by atoms with Gasteiger partial charge in [-0.15, -0.1) is 0 Å². The Kier molecular flexibility index (Phi) is 6.05. The van der Waals surface area contributed by atoms with E-state index < -0.39 is 10.0 Å². The third-order valence-corrected chi connectivity index (χ3v) is 6.63. The maximum absolute atomic E-state index is 12.7. The zero-order valence-corrected chi connectivity index (χ0v) is 17.0. The van der Waals surface area contributed by atoms with E-state index in [-0.39, 0.29) is 23.3 Å². The summed E-state index contributed by atoms with van der Waals surface area (Å²) in [5.41, 5.74) is 3.05. The van der Waals surface area contributed by atoms with Crippen molar-refractivity contribution in [1.82, 2.24) is 4.90 Å². The standard InChI is InChI=1S/C21H26N2O4S/c1-15-5-8-19(12-16(15)2)22-28(26,27)20-9-6-18(7-10-20)21(25)23-11-3-4-17(13-23)14-24/h5-10,12,17,22,24H,3-4,11,13-14H2,1-2H3. The van der Waals surface area contributed by atoms with Crippen LogP contribution in [0.3, 0.4) is 0 Å². The van der Waals surface area contributed by atoms with Crippen LogP contribution < -0.4 is 4.72 Å². The highest BCUT2D eigenvalue weighted by atomic mass is 32.2. The van der Waals surface area contributed by atoms with Gasteiger partial charge in [0.25, 0.3) is 15.9 Å². The van der Waals surface area contributed by atoms with Gasteiger partial charge < -0.3 is 10.0 Å². The molecule has 0 saturated carbocycles. The Morgan fingerprint density at radius 2 is 1.86 bits per heavy atom. The van der Waals surface area contributed by atoms with Gasteiger partial charge in [-0.2, -0.15) is 0 Å². The minimum Gasteiger partial charge on any atom is -0.396 e. The first-order valence-corrected chi connectivity index (χ1v) is 10.9. The van der Waals surface area contributed by atoms with Gasteiger partial charge in [-0.1, -0.05) is 6.07 Å². The van der Waals surface area contributed by atoms with Crippen LogP contribution in [0.25, 0.3) is 0 Å². The summed E-state index contributed by atoms with van der Waals surface area (Å²) < 4.78 is 27.8. The number of hydrogen-bond donors (Lipinski definition) is 2. The predicted molar refractivity (Wildman–Crippen MR) is 109 cm³/mol. The number of amides is 1. The minimum absolute atomic E-state index is 0.0745. The summed E-state index contributed by atoms with van der Waals surface area (Å²) >= 11 is 0. The zero-order chi connectivity index (χ0) is 20.3. The maximum atomic E-state index is 12.7. The summed E-state index contributed by atoms with van der Waals surface area (Å²) in [4.78, 5) is 14.5. The molecule has 1 atom stereocenters. The summed E-state index contributed by atoms with van der Waals surface area (Å²) in [7, 11) is -3.73. The topological polar surface area (TPSA) is 86.7 Å². The first kappa shape index (κ1) is 20.4. The molecule has 2 aromatic rings. The molecule has 1 amide bonds. The van der Waals surface area contributed by atoms with E-state index >= 15 is 0 Å². The summed E-state index contributed by atoms with van der Waals surface area (Å²) in [5.74, 6) is -0.0243. The molecule has 2 aromatic carbocycles. The van der Waals surface area contributed by atoms with E-state index in [1.54, 1.807) is 29.2 Å². The number of anilines is 1. The third-order valence-electron chi connectivity index (χ3n) is 5.24. The van der Waals surface area contributed by atoms with Crippen LogP contribution in [0.15, 0.2) is 47.4 Å². The lowest BCUT2D eigenvalue weighted by Gasteiger charge is -2.31. The summed E-state index contributed by atoms with van der Waals surface area (Å²) in [6.45, 7) is 5.16. The SMILES string of the molecule is Cc1ccc(NS(=O)(=O)c2ccc(C(=O)N3CCCC(CO)C3)cc2)cc1C. The molecule has 6 nitrogen and oxygen atoms in total. The second-order valence-corrected chi connectivity index (χ2v) is 9.05. The normalized spacial score (nSPS) is 17.4. The molecule has 28 heavy (non-hydrogen) atoms. The fourth-order valence-corrected chi connectivity index (χ4v) is 4.43. The summed E-state index contributed by atoms with van der Waals surface area (Å²) in [6.07, 6.45) is 1.78. The zero-order valence-electron chi connectivity index (χ0n) is 16.2. The number of benzene rings is 2. The van der Waals surface area contributed by atoms with E-state index in [0.717, 1.165) is 24.0 Å². The highest BCUT2D eigenvalue weighted by Gasteiger charge is 2.24. The van der Waals surface area contributed by atoms with E-state index in [1.807, 2.05) is 19.9 Å². The largest absolute Gasteiger partial charge is 0.396 e. The fourth-order valence-electron chi connectivity index (χ4n) is 3.38. The lowest BCUT2D eigenvalue weighted by molar-refractivity contribution is 0.0620. The smallest absolute Gasteiger partial charge is 0.261 e. The first-order chi connectivity index (χ1) is 13.3. The van der Waals surface area contributed by atoms with Gasteiger partial charge in [-0.3, -0.25) is 9.52 Å². The van der Waals surface area contributed by atoms with Crippen molar-refractivity contribution in [2.75, 3.05) is 24.4 Å². The van der Waals surface area contributed by atoms with Crippen molar-refractivity contribution >= 4 is 21.6 Å². The lowest BCUT2D eigenvalue weighted by Crippen LogP contribution is -2.40. The van der Waals surface area contributed by atoms with Crippen molar-refractivity contribution < 1.29 is 18.3 Å². The molecule has 1 aliphatic rings. The second kappa shape index (κ2) is 8.32. The van der Waals surface area contributed by atoms with Crippen LogP contribution >= 0.6 is 0 Å². The highest BCUT2D eigenvalue weighted by molar-refractivity contribution is 7.92. The van der Waals surface area contributed by atoms with Crippen molar-refractivity contribution in [2.24, 2.45) is 5.92 Å². The lowest BCUT2D eigenvalue weighted by atomic mass is 9.98. The molecule has 3 rings (SSSR count). The van der Waals surface area contributed by atoms with Gasteiger partial charge in [0.2, 0.25) is 0 Å². The number of hydrogen-bond acceptors (Lipinski definition) is 4. The molecule has 1 fully saturated rings. The van der Waals surface area contributed by atoms with E-state index in [0.29, 0.717) is 24.3 Å². The van der Waals surface area contributed by atoms with Crippen LogP contribution in [0.2, 0.25) is 0 Å². The Morgan fingerprint density at radius 1 is 1.14 bits per heavy atom. The van der Waals surface area contributed by atoms with Crippen LogP contribution in [-0.2, 0) is 10.0 Å². The molecular weight excluding hydrogens is 376 g/mol. The molecule has 0 bridgehead atoms. The average molecular weight is 403 g/mol. The van der Waals surface area contributed by atoms with Gasteiger partial charge in [0.05, 0.1) is 4.90 Å². The Labute approximate surface area is 166 Å². The molecule has 2 N–H and O–H groups in total. The summed E-state index contributed by atoms with van der Waals surface area (Å²) in [6, 6.07) is 11.4. The molecule has 1 unspecified atom stereocenters. The number of carbonyl (C=O) groups excluding carboxylic acids is 1. The van der Waals surface area contributed by atoms with E-state index in [9.17, 15) is 18.3 Å². The van der Waals surface area contributed by atoms with Crippen molar-refractivity contribution in [2.45, 2.75) is 31.6 Å². The average Bonchev–Trinajstić information content (AvgIpc) is 2.70. The van der Waals surface area contributed by atoms with Gasteiger partial charge in [-0.05, 0) is 80.1 Å². The van der Waals surface area contributed by atoms with Gasteiger partial charge >= 0.3 is 0 Å². The summed E-state index contributed by atoms with van der Waals surface area (Å²) in [5, 5.41) is 9.33. The third kappa shape index (κ3) is 4.54. The van der Waals surface area contributed by atoms with Gasteiger partial charge in [0.15, 0.2) is 0 Å². The molecule has 0 aliphatic carbocycles. The number of aliphatic hydroxyl groups excluding tert-OH is 1. The van der Waals surface area contributed by atoms with Crippen molar-refractivity contribution in [3.05, 3.63) is 59.2 Å². The van der Waals surface area contributed by atoms with E-state index in [1.165, 1.54) is 12.1 Å². The molecule has 7 heteroatoms. The molecule has 150 valence electrons. The molecule has 0 radical (unpaired) electrons. The highest BCUT2D eigenvalue weighted by Crippen LogP contribution is 2.21. The molecule has 0 spiro atoms. The Bertz CT molecular complexity index is 955. The molecule has 1 saturated heterocycles. The van der Waals surface area contributed by atoms with Crippen molar-refractivity contribution in [3.8, 4) is 0 Å². The fraction of sp³-hybridized carbons (Fsp3) is 0.381. The first-order valence-electron chi connectivity index (χ1n) is 9.40. The number of aryl methyl sites for hydroxylation is 2. The Balaban J connectivity index is 1.73. The van der Waals surface area contributed by atoms with Crippen molar-refractivity contribution in [1.29, 1.82) is 0 Å². The maximum Gasteiger partial charge on any atom is 0.261 e. The minimum atomic E-state index is -3.73. The van der Waals surface area contributed by atoms with Crippen LogP contribution in [0.4, 0.5) is 5.69 Å². The second-order valence-electron chi connectivity index (χ2n) is 7.37. The van der Waals surface area contributed by atoms with Gasteiger partial charge in [-0.25, -0.2) is 8.42 Å². The van der Waals surface area contributed by atoms with Gasteiger partial charge in [0, 0.05) is 30.9 Å². The number of likely N-dealkylation sites (tertiary alicyclic amines) is 1. The molecular formula is C21H26N2O4S. The number of nitrogens with one attached hydrogen (secondary N) is 1. The predicted octanol–water partition coefficient (Wildman–Crippen LogP) is 2.95. The van der Waals surface area contributed by atoms with Crippen molar-refractivity contribution in [3.63, 3.8) is 0 Å². The Morgan fingerprint density at radius 3 is 2.50 bits per heavy atom. The van der Waals surface area contributed by atoms with Gasteiger partial charge in [0.1, 0.15) is 0 Å². The number of piperidine rings is 1. The van der Waals surface area contributed by atoms with Crippen LogP contribution in [0, 0.1) is 19.8 Å². The quantitative estimate of drug-likeness (QED) is 0.805. The number of nitrogens with zero attached hydrogens (tertiary/aromatic N) is 1. The van der Waals surface area contributed by atoms with Crippen LogP contribution in [0.1, 0.15) is 34.3 Å². The number of carbonyl (C=O) groups is 1. The van der Waals surface area contributed by atoms with Crippen LogP contribution in [0.5, 0.6) is 0 Å². The molecule has 1 heterocycles. The number of sulfonamides is 1.